The molecule has 1 aromatic carbocycles. The molecule has 0 heterocycles. The van der Waals surface area contributed by atoms with Crippen molar-refractivity contribution in [3.63, 3.8) is 0 Å². The average Bonchev–Trinajstić information content (AvgIpc) is 2.28. The Hall–Kier alpha value is -1.20. The summed E-state index contributed by atoms with van der Waals surface area (Å²) in [6.07, 6.45) is 2.15. The first kappa shape index (κ1) is 12.9. The summed E-state index contributed by atoms with van der Waals surface area (Å²) >= 11 is -1.23. The minimum absolute atomic E-state index is 0.350. The summed E-state index contributed by atoms with van der Waals surface area (Å²) < 4.78 is 20.2. The van der Waals surface area contributed by atoms with Crippen LogP contribution in [0.3, 0.4) is 0 Å². The lowest BCUT2D eigenvalue weighted by atomic mass is 10.1. The average molecular weight is 242 g/mol. The van der Waals surface area contributed by atoms with E-state index in [1.54, 1.807) is 12.1 Å². The fourth-order valence-corrected chi connectivity index (χ4v) is 1.52. The van der Waals surface area contributed by atoms with Crippen LogP contribution in [-0.2, 0) is 26.4 Å². The maximum absolute atomic E-state index is 11.1. The maximum Gasteiger partial charge on any atom is 0.337 e. The van der Waals surface area contributed by atoms with Gasteiger partial charge >= 0.3 is 5.97 Å². The van der Waals surface area contributed by atoms with Crippen LogP contribution in [0.2, 0.25) is 0 Å². The zero-order chi connectivity index (χ0) is 12.0. The van der Waals surface area contributed by atoms with Gasteiger partial charge in [-0.25, -0.2) is 9.00 Å². The van der Waals surface area contributed by atoms with Crippen LogP contribution in [0.25, 0.3) is 0 Å². The normalized spacial score (nSPS) is 12.1. The van der Waals surface area contributed by atoms with E-state index in [4.69, 9.17) is 4.18 Å². The predicted molar refractivity (Wildman–Crippen MR) is 61.5 cm³/mol. The van der Waals surface area contributed by atoms with Gasteiger partial charge in [0.2, 0.25) is 0 Å². The minimum Gasteiger partial charge on any atom is -0.465 e. The first-order chi connectivity index (χ1) is 7.63. The van der Waals surface area contributed by atoms with Crippen molar-refractivity contribution in [3.8, 4) is 0 Å². The van der Waals surface area contributed by atoms with E-state index in [1.807, 2.05) is 12.1 Å². The molecule has 1 aromatic rings. The highest BCUT2D eigenvalue weighted by Crippen LogP contribution is 2.06. The molecule has 4 nitrogen and oxygen atoms in total. The topological polar surface area (TPSA) is 52.6 Å². The van der Waals surface area contributed by atoms with Gasteiger partial charge in [-0.2, -0.15) is 0 Å². The van der Waals surface area contributed by atoms with E-state index in [0.29, 0.717) is 18.6 Å². The fourth-order valence-electron chi connectivity index (χ4n) is 1.20. The van der Waals surface area contributed by atoms with Gasteiger partial charge in [0, 0.05) is 6.26 Å². The highest BCUT2D eigenvalue weighted by atomic mass is 32.2. The second kappa shape index (κ2) is 6.40. The highest BCUT2D eigenvalue weighted by molar-refractivity contribution is 7.79. The van der Waals surface area contributed by atoms with Crippen LogP contribution < -0.4 is 0 Å². The van der Waals surface area contributed by atoms with Crippen molar-refractivity contribution in [2.24, 2.45) is 0 Å². The number of hydrogen-bond donors (Lipinski definition) is 0. The Labute approximate surface area is 97.2 Å². The van der Waals surface area contributed by atoms with Crippen molar-refractivity contribution in [3.05, 3.63) is 35.4 Å². The number of hydrogen-bond acceptors (Lipinski definition) is 4. The van der Waals surface area contributed by atoms with E-state index in [2.05, 4.69) is 4.74 Å². The molecule has 5 heteroatoms. The Morgan fingerprint density at radius 3 is 2.44 bits per heavy atom. The number of rotatable bonds is 5. The Morgan fingerprint density at radius 2 is 1.94 bits per heavy atom. The van der Waals surface area contributed by atoms with Crippen LogP contribution in [-0.4, -0.2) is 30.2 Å². The van der Waals surface area contributed by atoms with Crippen molar-refractivity contribution >= 4 is 17.0 Å². The third-order valence-corrected chi connectivity index (χ3v) is 2.51. The molecule has 0 saturated carbocycles. The summed E-state index contributed by atoms with van der Waals surface area (Å²) in [5.74, 6) is -0.350. The van der Waals surface area contributed by atoms with Gasteiger partial charge in [0.15, 0.2) is 11.1 Å². The quantitative estimate of drug-likeness (QED) is 0.731. The third kappa shape index (κ3) is 4.12. The SMILES string of the molecule is COC(=O)c1ccc(CCOS(C)=O)cc1. The molecular weight excluding hydrogens is 228 g/mol. The second-order valence-corrected chi connectivity index (χ2v) is 4.20. The van der Waals surface area contributed by atoms with Crippen LogP contribution in [0.4, 0.5) is 0 Å². The Kier molecular flexibility index (Phi) is 5.14. The van der Waals surface area contributed by atoms with E-state index in [0.717, 1.165) is 5.56 Å². The maximum atomic E-state index is 11.1. The second-order valence-electron chi connectivity index (χ2n) is 3.16. The van der Waals surface area contributed by atoms with Crippen LogP contribution in [0, 0.1) is 0 Å². The first-order valence-corrected chi connectivity index (χ1v) is 6.25. The van der Waals surface area contributed by atoms with Gasteiger partial charge in [-0.15, -0.1) is 0 Å². The van der Waals surface area contributed by atoms with Crippen LogP contribution >= 0.6 is 0 Å². The van der Waals surface area contributed by atoms with Crippen molar-refractivity contribution in [2.45, 2.75) is 6.42 Å². The van der Waals surface area contributed by atoms with Gasteiger partial charge in [0.25, 0.3) is 0 Å². The molecule has 0 N–H and O–H groups in total. The summed E-state index contributed by atoms with van der Waals surface area (Å²) in [6, 6.07) is 7.05. The molecule has 1 atom stereocenters. The first-order valence-electron chi connectivity index (χ1n) is 4.77. The summed E-state index contributed by atoms with van der Waals surface area (Å²) in [4.78, 5) is 11.1. The largest absolute Gasteiger partial charge is 0.465 e. The predicted octanol–water partition coefficient (Wildman–Crippen LogP) is 1.33. The summed E-state index contributed by atoms with van der Waals surface area (Å²) in [7, 11) is 1.35. The number of esters is 1. The van der Waals surface area contributed by atoms with Gasteiger partial charge in [-0.3, -0.25) is 4.18 Å². The molecule has 0 saturated heterocycles. The molecule has 0 aliphatic rings. The Balaban J connectivity index is 2.51. The molecule has 0 amide bonds. The van der Waals surface area contributed by atoms with Crippen molar-refractivity contribution in [1.29, 1.82) is 0 Å². The molecule has 88 valence electrons. The molecule has 0 spiro atoms. The van der Waals surface area contributed by atoms with Gasteiger partial charge in [-0.05, 0) is 24.1 Å². The lowest BCUT2D eigenvalue weighted by Crippen LogP contribution is -2.03. The molecule has 0 aromatic heterocycles. The Morgan fingerprint density at radius 1 is 1.31 bits per heavy atom. The number of ether oxygens (including phenoxy) is 1. The van der Waals surface area contributed by atoms with E-state index in [9.17, 15) is 9.00 Å². The molecule has 0 aliphatic carbocycles. The zero-order valence-electron chi connectivity index (χ0n) is 9.26. The highest BCUT2D eigenvalue weighted by Gasteiger charge is 2.04. The third-order valence-electron chi connectivity index (χ3n) is 2.02. The standard InChI is InChI=1S/C11H14O4S/c1-14-11(12)10-5-3-9(4-6-10)7-8-15-16(2)13/h3-6H,7-8H2,1-2H3. The number of methoxy groups -OCH3 is 1. The molecule has 0 aliphatic heterocycles. The molecule has 1 unspecified atom stereocenters. The van der Waals surface area contributed by atoms with Crippen LogP contribution in [0.5, 0.6) is 0 Å². The summed E-state index contributed by atoms with van der Waals surface area (Å²) in [5, 5.41) is 0. The molecule has 0 bridgehead atoms. The lowest BCUT2D eigenvalue weighted by molar-refractivity contribution is 0.0600. The zero-order valence-corrected chi connectivity index (χ0v) is 10.1. The molecule has 0 fully saturated rings. The summed E-state index contributed by atoms with van der Waals surface area (Å²) in [6.45, 7) is 0.403. The number of benzene rings is 1. The van der Waals surface area contributed by atoms with Gasteiger partial charge < -0.3 is 4.74 Å². The molecule has 16 heavy (non-hydrogen) atoms. The van der Waals surface area contributed by atoms with Gasteiger partial charge in [0.1, 0.15) is 0 Å². The fraction of sp³-hybridized carbons (Fsp3) is 0.364. The minimum atomic E-state index is -1.23. The number of carbonyl (C=O) groups excluding carboxylic acids is 1. The molecular formula is C11H14O4S. The van der Waals surface area contributed by atoms with E-state index < -0.39 is 11.1 Å². The number of carbonyl (C=O) groups is 1. The van der Waals surface area contributed by atoms with Gasteiger partial charge in [0.05, 0.1) is 19.3 Å². The van der Waals surface area contributed by atoms with E-state index >= 15 is 0 Å². The van der Waals surface area contributed by atoms with Crippen molar-refractivity contribution in [2.75, 3.05) is 20.0 Å². The monoisotopic (exact) mass is 242 g/mol. The lowest BCUT2D eigenvalue weighted by Gasteiger charge is -2.02. The van der Waals surface area contributed by atoms with E-state index in [1.165, 1.54) is 13.4 Å². The summed E-state index contributed by atoms with van der Waals surface area (Å²) in [5.41, 5.74) is 1.55. The van der Waals surface area contributed by atoms with Crippen LogP contribution in [0.15, 0.2) is 24.3 Å². The Bertz CT molecular complexity index is 372. The van der Waals surface area contributed by atoms with Crippen molar-refractivity contribution < 1.29 is 17.9 Å². The molecule has 0 radical (unpaired) electrons. The smallest absolute Gasteiger partial charge is 0.337 e. The van der Waals surface area contributed by atoms with Crippen molar-refractivity contribution in [1.82, 2.24) is 0 Å². The van der Waals surface area contributed by atoms with Gasteiger partial charge in [-0.1, -0.05) is 12.1 Å². The van der Waals surface area contributed by atoms with E-state index in [-0.39, 0.29) is 5.97 Å². The van der Waals surface area contributed by atoms with Crippen LogP contribution in [0.1, 0.15) is 15.9 Å². The molecule has 1 rings (SSSR count).